The highest BCUT2D eigenvalue weighted by atomic mass is 79.9. The molecule has 0 spiro atoms. The van der Waals surface area contributed by atoms with Gasteiger partial charge in [-0.1, -0.05) is 40.2 Å². The van der Waals surface area contributed by atoms with Crippen LogP contribution in [0.25, 0.3) is 16.8 Å². The number of furan rings is 1. The van der Waals surface area contributed by atoms with Crippen molar-refractivity contribution in [3.63, 3.8) is 0 Å². The minimum atomic E-state index is -0.149. The second kappa shape index (κ2) is 9.01. The monoisotopic (exact) mass is 462 g/mol. The van der Waals surface area contributed by atoms with E-state index in [2.05, 4.69) is 22.0 Å². The van der Waals surface area contributed by atoms with Gasteiger partial charge in [0, 0.05) is 4.47 Å². The zero-order valence-corrected chi connectivity index (χ0v) is 17.9. The van der Waals surface area contributed by atoms with E-state index in [-0.39, 0.29) is 5.78 Å². The van der Waals surface area contributed by atoms with E-state index >= 15 is 0 Å². The highest BCUT2D eigenvalue weighted by Gasteiger charge is 2.09. The number of ketones is 1. The van der Waals surface area contributed by atoms with Gasteiger partial charge in [-0.3, -0.25) is 4.79 Å². The minimum absolute atomic E-state index is 0.149. The van der Waals surface area contributed by atoms with E-state index in [1.807, 2.05) is 48.5 Å². The lowest BCUT2D eigenvalue weighted by Crippen LogP contribution is -1.98. The van der Waals surface area contributed by atoms with Gasteiger partial charge in [-0.05, 0) is 71.5 Å². The number of hydrogen-bond acceptors (Lipinski definition) is 4. The minimum Gasteiger partial charge on any atom is -0.496 e. The number of ether oxygens (including phenoxy) is 2. The number of rotatable bonds is 7. The Labute approximate surface area is 182 Å². The van der Waals surface area contributed by atoms with E-state index in [9.17, 15) is 4.79 Å². The first-order valence-electron chi connectivity index (χ1n) is 9.38. The summed E-state index contributed by atoms with van der Waals surface area (Å²) in [5.41, 5.74) is 0.509. The molecule has 0 fully saturated rings. The van der Waals surface area contributed by atoms with E-state index in [1.54, 1.807) is 31.4 Å². The molecule has 0 radical (unpaired) electrons. The Morgan fingerprint density at radius 1 is 1.00 bits per heavy atom. The number of fused-ring (bicyclic) bond motifs is 1. The maximum Gasteiger partial charge on any atom is 0.189 e. The Kier molecular flexibility index (Phi) is 6.00. The number of para-hydroxylation sites is 1. The lowest BCUT2D eigenvalue weighted by atomic mass is 10.1. The third-order valence-corrected chi connectivity index (χ3v) is 5.10. The van der Waals surface area contributed by atoms with Crippen LogP contribution in [0, 0.1) is 0 Å². The predicted molar refractivity (Wildman–Crippen MR) is 121 cm³/mol. The SMILES string of the molecule is COc1ccccc1C(=O)/C=C/c1ccc(COc2ccc3cc(Br)ccc3c2)o1. The molecule has 4 aromatic rings. The summed E-state index contributed by atoms with van der Waals surface area (Å²) in [5, 5.41) is 2.25. The summed E-state index contributed by atoms with van der Waals surface area (Å²) in [6.07, 6.45) is 3.12. The van der Waals surface area contributed by atoms with Crippen LogP contribution in [0.2, 0.25) is 0 Å². The molecule has 0 unspecified atom stereocenters. The van der Waals surface area contributed by atoms with Crippen molar-refractivity contribution in [3.8, 4) is 11.5 Å². The number of methoxy groups -OCH3 is 1. The smallest absolute Gasteiger partial charge is 0.189 e. The molecular weight excluding hydrogens is 444 g/mol. The second-order valence-corrected chi connectivity index (χ2v) is 7.56. The fourth-order valence-electron chi connectivity index (χ4n) is 3.10. The Bertz CT molecular complexity index is 1220. The molecule has 4 rings (SSSR count). The number of carbonyl (C=O) groups is 1. The largest absolute Gasteiger partial charge is 0.496 e. The van der Waals surface area contributed by atoms with Crippen LogP contribution in [-0.4, -0.2) is 12.9 Å². The molecule has 0 aliphatic carbocycles. The summed E-state index contributed by atoms with van der Waals surface area (Å²) in [6, 6.07) is 22.8. The van der Waals surface area contributed by atoms with E-state index in [0.29, 0.717) is 29.4 Å². The molecular formula is C25H19BrO4. The van der Waals surface area contributed by atoms with Crippen LogP contribution in [0.15, 0.2) is 87.8 Å². The highest BCUT2D eigenvalue weighted by Crippen LogP contribution is 2.25. The molecule has 30 heavy (non-hydrogen) atoms. The summed E-state index contributed by atoms with van der Waals surface area (Å²) >= 11 is 3.48. The van der Waals surface area contributed by atoms with Crippen LogP contribution < -0.4 is 9.47 Å². The second-order valence-electron chi connectivity index (χ2n) is 6.64. The van der Waals surface area contributed by atoms with Crippen LogP contribution in [0.3, 0.4) is 0 Å². The zero-order chi connectivity index (χ0) is 20.9. The lowest BCUT2D eigenvalue weighted by molar-refractivity contribution is 0.104. The van der Waals surface area contributed by atoms with Gasteiger partial charge in [-0.25, -0.2) is 0 Å². The van der Waals surface area contributed by atoms with Crippen molar-refractivity contribution in [2.24, 2.45) is 0 Å². The summed E-state index contributed by atoms with van der Waals surface area (Å²) in [4.78, 5) is 12.4. The summed E-state index contributed by atoms with van der Waals surface area (Å²) in [6.45, 7) is 0.302. The first kappa shape index (κ1) is 20.0. The standard InChI is InChI=1S/C25H19BrO4/c1-28-25-5-3-2-4-23(25)24(27)13-12-20-10-11-22(30-20)16-29-21-9-7-17-14-19(26)8-6-18(17)15-21/h2-15H,16H2,1H3/b13-12+. The molecule has 3 aromatic carbocycles. The van der Waals surface area contributed by atoms with Crippen molar-refractivity contribution >= 4 is 38.6 Å². The van der Waals surface area contributed by atoms with Gasteiger partial charge in [0.15, 0.2) is 5.78 Å². The van der Waals surface area contributed by atoms with Gasteiger partial charge in [-0.15, -0.1) is 0 Å². The van der Waals surface area contributed by atoms with Crippen molar-refractivity contribution in [1.82, 2.24) is 0 Å². The molecule has 1 heterocycles. The summed E-state index contributed by atoms with van der Waals surface area (Å²) < 4.78 is 17.9. The molecule has 150 valence electrons. The molecule has 1 aromatic heterocycles. The van der Waals surface area contributed by atoms with Crippen LogP contribution in [0.4, 0.5) is 0 Å². The number of halogens is 1. The first-order valence-corrected chi connectivity index (χ1v) is 10.2. The quantitative estimate of drug-likeness (QED) is 0.227. The maximum absolute atomic E-state index is 12.4. The van der Waals surface area contributed by atoms with Crippen LogP contribution in [0.1, 0.15) is 21.9 Å². The maximum atomic E-state index is 12.4. The molecule has 5 heteroatoms. The van der Waals surface area contributed by atoms with Gasteiger partial charge < -0.3 is 13.9 Å². The van der Waals surface area contributed by atoms with Gasteiger partial charge >= 0.3 is 0 Å². The number of allylic oxidation sites excluding steroid dienone is 1. The van der Waals surface area contributed by atoms with E-state index < -0.39 is 0 Å². The molecule has 0 aliphatic rings. The van der Waals surface area contributed by atoms with Gasteiger partial charge in [0.1, 0.15) is 29.6 Å². The fourth-order valence-corrected chi connectivity index (χ4v) is 3.48. The van der Waals surface area contributed by atoms with Crippen molar-refractivity contribution in [1.29, 1.82) is 0 Å². The van der Waals surface area contributed by atoms with Gasteiger partial charge in [0.25, 0.3) is 0 Å². The first-order chi connectivity index (χ1) is 14.6. The Balaban J connectivity index is 1.40. The van der Waals surface area contributed by atoms with Crippen LogP contribution >= 0.6 is 15.9 Å². The van der Waals surface area contributed by atoms with E-state index in [4.69, 9.17) is 13.9 Å². The van der Waals surface area contributed by atoms with Crippen LogP contribution in [-0.2, 0) is 6.61 Å². The Hall–Kier alpha value is -3.31. The molecule has 0 N–H and O–H groups in total. The normalized spacial score (nSPS) is 11.1. The van der Waals surface area contributed by atoms with Gasteiger partial charge in [0.05, 0.1) is 12.7 Å². The summed E-state index contributed by atoms with van der Waals surface area (Å²) in [5.74, 6) is 2.42. The molecule has 0 aliphatic heterocycles. The Morgan fingerprint density at radius 3 is 2.67 bits per heavy atom. The fraction of sp³-hybridized carbons (Fsp3) is 0.0800. The highest BCUT2D eigenvalue weighted by molar-refractivity contribution is 9.10. The lowest BCUT2D eigenvalue weighted by Gasteiger charge is -2.06. The topological polar surface area (TPSA) is 48.7 Å². The molecule has 0 saturated heterocycles. The third-order valence-electron chi connectivity index (χ3n) is 4.61. The molecule has 0 atom stereocenters. The molecule has 0 bridgehead atoms. The molecule has 0 saturated carbocycles. The van der Waals surface area contributed by atoms with Crippen molar-refractivity contribution in [2.75, 3.05) is 7.11 Å². The van der Waals surface area contributed by atoms with E-state index in [0.717, 1.165) is 21.0 Å². The zero-order valence-electron chi connectivity index (χ0n) is 16.3. The molecule has 0 amide bonds. The van der Waals surface area contributed by atoms with Gasteiger partial charge in [0.2, 0.25) is 0 Å². The Morgan fingerprint density at radius 2 is 1.80 bits per heavy atom. The number of benzene rings is 3. The number of carbonyl (C=O) groups excluding carboxylic acids is 1. The van der Waals surface area contributed by atoms with Crippen molar-refractivity contribution < 1.29 is 18.7 Å². The number of hydrogen-bond donors (Lipinski definition) is 0. The van der Waals surface area contributed by atoms with Crippen molar-refractivity contribution in [2.45, 2.75) is 6.61 Å². The van der Waals surface area contributed by atoms with E-state index in [1.165, 1.54) is 6.08 Å². The average molecular weight is 463 g/mol. The third kappa shape index (κ3) is 4.63. The average Bonchev–Trinajstić information content (AvgIpc) is 3.23. The molecule has 4 nitrogen and oxygen atoms in total. The van der Waals surface area contributed by atoms with Crippen molar-refractivity contribution in [3.05, 3.63) is 100 Å². The van der Waals surface area contributed by atoms with Gasteiger partial charge in [-0.2, -0.15) is 0 Å². The van der Waals surface area contributed by atoms with Crippen LogP contribution in [0.5, 0.6) is 11.5 Å². The predicted octanol–water partition coefficient (Wildman–Crippen LogP) is 6.68. The summed E-state index contributed by atoms with van der Waals surface area (Å²) in [7, 11) is 1.54.